The van der Waals surface area contributed by atoms with Crippen molar-refractivity contribution in [3.63, 3.8) is 0 Å². The molecule has 1 aromatic heterocycles. The van der Waals surface area contributed by atoms with Gasteiger partial charge in [-0.3, -0.25) is 19.6 Å². The molecule has 2 aliphatic carbocycles. The smallest absolute Gasteiger partial charge is 0.306 e. The van der Waals surface area contributed by atoms with E-state index in [-0.39, 0.29) is 37.0 Å². The molecule has 11 heteroatoms. The Morgan fingerprint density at radius 2 is 1.23 bits per heavy atom. The maximum absolute atomic E-state index is 12.0. The summed E-state index contributed by atoms with van der Waals surface area (Å²) < 4.78 is 10.2. The van der Waals surface area contributed by atoms with E-state index in [1.165, 1.54) is 25.2 Å². The molecule has 1 aromatic rings. The Bertz CT molecular complexity index is 872. The van der Waals surface area contributed by atoms with Gasteiger partial charge in [0.25, 0.3) is 0 Å². The highest BCUT2D eigenvalue weighted by Crippen LogP contribution is 2.27. The number of hydrogen-bond donors (Lipinski definition) is 5. The molecule has 220 valence electrons. The van der Waals surface area contributed by atoms with Gasteiger partial charge in [-0.1, -0.05) is 38.5 Å². The minimum absolute atomic E-state index is 0.0227. The standard InChI is InChI=1S/C28H44N2O9/c31-22(23(32)16-38-25(34)11-18-7-3-1-4-8-18)13-20-14-30-21(15-29-20)27(36)28(37)24(33)17-39-26(35)12-19-9-5-2-6-10-19/h14-15,18-19,22-24,27-28,31-33,36-37H,1-13,16-17H2. The normalized spacial score (nSPS) is 20.9. The van der Waals surface area contributed by atoms with Gasteiger partial charge in [0.15, 0.2) is 0 Å². The van der Waals surface area contributed by atoms with E-state index in [2.05, 4.69) is 9.97 Å². The number of hydrogen-bond acceptors (Lipinski definition) is 11. The topological polar surface area (TPSA) is 180 Å². The van der Waals surface area contributed by atoms with E-state index in [4.69, 9.17) is 9.47 Å². The molecule has 3 rings (SSSR count). The summed E-state index contributed by atoms with van der Waals surface area (Å²) in [6.07, 6.45) is 6.44. The molecular weight excluding hydrogens is 508 g/mol. The van der Waals surface area contributed by atoms with Crippen LogP contribution in [0.25, 0.3) is 0 Å². The van der Waals surface area contributed by atoms with E-state index in [0.717, 1.165) is 51.4 Å². The molecule has 11 nitrogen and oxygen atoms in total. The average molecular weight is 553 g/mol. The summed E-state index contributed by atoms with van der Waals surface area (Å²) in [6, 6.07) is 0. The van der Waals surface area contributed by atoms with E-state index in [1.54, 1.807) is 0 Å². The van der Waals surface area contributed by atoms with E-state index in [9.17, 15) is 35.1 Å². The molecule has 0 saturated heterocycles. The predicted molar refractivity (Wildman–Crippen MR) is 139 cm³/mol. The van der Waals surface area contributed by atoms with Crippen molar-refractivity contribution in [1.29, 1.82) is 0 Å². The molecule has 0 aromatic carbocycles. The van der Waals surface area contributed by atoms with Gasteiger partial charge in [0.1, 0.15) is 37.6 Å². The highest BCUT2D eigenvalue weighted by atomic mass is 16.5. The first kappa shape index (κ1) is 31.3. The summed E-state index contributed by atoms with van der Waals surface area (Å²) in [6.45, 7) is -0.781. The van der Waals surface area contributed by atoms with Crippen LogP contribution >= 0.6 is 0 Å². The van der Waals surface area contributed by atoms with Crippen molar-refractivity contribution in [3.05, 3.63) is 23.8 Å². The van der Waals surface area contributed by atoms with Crippen molar-refractivity contribution in [2.45, 2.75) is 114 Å². The first-order chi connectivity index (χ1) is 18.7. The Kier molecular flexibility index (Phi) is 13.0. The van der Waals surface area contributed by atoms with Gasteiger partial charge in [0, 0.05) is 25.5 Å². The van der Waals surface area contributed by atoms with E-state index in [0.29, 0.717) is 18.0 Å². The molecule has 0 aliphatic heterocycles. The third-order valence-electron chi connectivity index (χ3n) is 7.80. The van der Waals surface area contributed by atoms with Crippen LogP contribution in [0, 0.1) is 11.8 Å². The van der Waals surface area contributed by atoms with Crippen LogP contribution in [-0.2, 0) is 25.5 Å². The van der Waals surface area contributed by atoms with Crippen LogP contribution in [0.5, 0.6) is 0 Å². The second-order valence-corrected chi connectivity index (χ2v) is 11.1. The van der Waals surface area contributed by atoms with Gasteiger partial charge in [0.2, 0.25) is 0 Å². The Morgan fingerprint density at radius 1 is 0.718 bits per heavy atom. The second-order valence-electron chi connectivity index (χ2n) is 11.1. The number of carbonyl (C=O) groups excluding carboxylic acids is 2. The van der Waals surface area contributed by atoms with Gasteiger partial charge in [-0.2, -0.15) is 0 Å². The Labute approximate surface area is 229 Å². The number of aliphatic hydroxyl groups is 5. The van der Waals surface area contributed by atoms with Crippen molar-refractivity contribution in [2.24, 2.45) is 11.8 Å². The van der Waals surface area contributed by atoms with Crippen LogP contribution in [-0.4, -0.2) is 85.1 Å². The minimum Gasteiger partial charge on any atom is -0.463 e. The van der Waals surface area contributed by atoms with Crippen LogP contribution in [0.2, 0.25) is 0 Å². The fourth-order valence-corrected chi connectivity index (χ4v) is 5.30. The Morgan fingerprint density at radius 3 is 1.72 bits per heavy atom. The van der Waals surface area contributed by atoms with Crippen LogP contribution in [0.15, 0.2) is 12.4 Å². The first-order valence-corrected chi connectivity index (χ1v) is 14.2. The lowest BCUT2D eigenvalue weighted by Crippen LogP contribution is -2.37. The lowest BCUT2D eigenvalue weighted by atomic mass is 9.87. The van der Waals surface area contributed by atoms with Crippen molar-refractivity contribution < 1.29 is 44.6 Å². The lowest BCUT2D eigenvalue weighted by Gasteiger charge is -2.24. The van der Waals surface area contributed by atoms with Gasteiger partial charge in [-0.15, -0.1) is 0 Å². The van der Waals surface area contributed by atoms with Crippen LogP contribution < -0.4 is 0 Å². The van der Waals surface area contributed by atoms with Crippen molar-refractivity contribution in [1.82, 2.24) is 9.97 Å². The molecule has 0 amide bonds. The highest BCUT2D eigenvalue weighted by molar-refractivity contribution is 5.70. The molecule has 0 radical (unpaired) electrons. The summed E-state index contributed by atoms with van der Waals surface area (Å²) in [5.74, 6) is -0.218. The van der Waals surface area contributed by atoms with Crippen LogP contribution in [0.1, 0.15) is 94.5 Å². The number of nitrogens with zero attached hydrogens (tertiary/aromatic N) is 2. The summed E-state index contributed by atoms with van der Waals surface area (Å²) in [5, 5.41) is 51.3. The molecule has 5 atom stereocenters. The number of aliphatic hydroxyl groups excluding tert-OH is 5. The summed E-state index contributed by atoms with van der Waals surface area (Å²) in [4.78, 5) is 32.2. The maximum atomic E-state index is 12.0. The zero-order valence-electron chi connectivity index (χ0n) is 22.6. The van der Waals surface area contributed by atoms with Gasteiger partial charge >= 0.3 is 11.9 Å². The minimum atomic E-state index is -1.66. The Hall–Kier alpha value is -2.18. The summed E-state index contributed by atoms with van der Waals surface area (Å²) >= 11 is 0. The number of ether oxygens (including phenoxy) is 2. The zero-order chi connectivity index (χ0) is 28.2. The van der Waals surface area contributed by atoms with Gasteiger partial charge in [-0.25, -0.2) is 0 Å². The fraction of sp³-hybridized carbons (Fsp3) is 0.786. The molecule has 1 heterocycles. The molecular formula is C28H44N2O9. The highest BCUT2D eigenvalue weighted by Gasteiger charge is 2.29. The van der Waals surface area contributed by atoms with E-state index >= 15 is 0 Å². The second kappa shape index (κ2) is 16.2. The molecule has 0 bridgehead atoms. The quantitative estimate of drug-likeness (QED) is 0.211. The molecule has 2 fully saturated rings. The fourth-order valence-electron chi connectivity index (χ4n) is 5.30. The molecule has 2 saturated carbocycles. The number of rotatable bonds is 14. The first-order valence-electron chi connectivity index (χ1n) is 14.2. The summed E-state index contributed by atoms with van der Waals surface area (Å²) in [5.41, 5.74) is 0.281. The molecule has 5 unspecified atom stereocenters. The zero-order valence-corrected chi connectivity index (χ0v) is 22.6. The van der Waals surface area contributed by atoms with Crippen molar-refractivity contribution in [2.75, 3.05) is 13.2 Å². The SMILES string of the molecule is O=C(CC1CCCCC1)OCC(O)C(O)Cc1cnc(C(O)C(O)C(O)COC(=O)CC2CCCCC2)cn1. The van der Waals surface area contributed by atoms with Gasteiger partial charge < -0.3 is 35.0 Å². The monoisotopic (exact) mass is 552 g/mol. The van der Waals surface area contributed by atoms with Gasteiger partial charge in [0.05, 0.1) is 23.7 Å². The third kappa shape index (κ3) is 10.7. The Balaban J connectivity index is 1.37. The third-order valence-corrected chi connectivity index (χ3v) is 7.80. The number of aromatic nitrogens is 2. The molecule has 0 spiro atoms. The van der Waals surface area contributed by atoms with Gasteiger partial charge in [-0.05, 0) is 37.5 Å². The van der Waals surface area contributed by atoms with Crippen LogP contribution in [0.4, 0.5) is 0 Å². The summed E-state index contributed by atoms with van der Waals surface area (Å²) in [7, 11) is 0. The predicted octanol–water partition coefficient (Wildman–Crippen LogP) is 1.52. The van der Waals surface area contributed by atoms with Crippen LogP contribution in [0.3, 0.4) is 0 Å². The van der Waals surface area contributed by atoms with Crippen molar-refractivity contribution >= 4 is 11.9 Å². The largest absolute Gasteiger partial charge is 0.463 e. The molecule has 39 heavy (non-hydrogen) atoms. The average Bonchev–Trinajstić information content (AvgIpc) is 2.95. The lowest BCUT2D eigenvalue weighted by molar-refractivity contribution is -0.153. The van der Waals surface area contributed by atoms with E-state index < -0.39 is 43.1 Å². The molecule has 2 aliphatic rings. The van der Waals surface area contributed by atoms with Crippen molar-refractivity contribution in [3.8, 4) is 0 Å². The number of carbonyl (C=O) groups is 2. The number of esters is 2. The molecule has 5 N–H and O–H groups in total. The van der Waals surface area contributed by atoms with E-state index in [1.807, 2.05) is 0 Å². The maximum Gasteiger partial charge on any atom is 0.306 e.